The van der Waals surface area contributed by atoms with Crippen molar-refractivity contribution in [1.82, 2.24) is 14.9 Å². The van der Waals surface area contributed by atoms with Crippen LogP contribution in [-0.2, 0) is 39.3 Å². The van der Waals surface area contributed by atoms with Gasteiger partial charge in [0.2, 0.25) is 0 Å². The number of alkyl halides is 1. The first-order chi connectivity index (χ1) is 24.5. The summed E-state index contributed by atoms with van der Waals surface area (Å²) in [4.78, 5) is 26.9. The van der Waals surface area contributed by atoms with Crippen LogP contribution in [0.1, 0.15) is 102 Å². The summed E-state index contributed by atoms with van der Waals surface area (Å²) in [5.41, 5.74) is -0.377. The van der Waals surface area contributed by atoms with Crippen molar-refractivity contribution in [2.45, 2.75) is 128 Å². The van der Waals surface area contributed by atoms with E-state index >= 15 is 4.39 Å². The number of fused-ring (bicyclic) bond motifs is 4. The van der Waals surface area contributed by atoms with Gasteiger partial charge in [-0.3, -0.25) is 10.2 Å². The van der Waals surface area contributed by atoms with Crippen molar-refractivity contribution in [3.63, 3.8) is 0 Å². The molecule has 0 saturated carbocycles. The summed E-state index contributed by atoms with van der Waals surface area (Å²) in [5.74, 6) is 0.145. The predicted octanol–water partition coefficient (Wildman–Crippen LogP) is 3.25. The van der Waals surface area contributed by atoms with E-state index in [9.17, 15) is 14.3 Å². The number of rotatable bonds is 5. The minimum atomic E-state index is -1.06. The second kappa shape index (κ2) is 17.1. The van der Waals surface area contributed by atoms with E-state index in [4.69, 9.17) is 40.5 Å². The number of anilines is 2. The van der Waals surface area contributed by atoms with Crippen LogP contribution in [0.5, 0.6) is 6.01 Å². The topological polar surface area (TPSA) is 121 Å². The van der Waals surface area contributed by atoms with E-state index < -0.39 is 34.9 Å². The fraction of sp³-hybridized carbons (Fsp3) is 0.711. The number of ether oxygens (including phenoxy) is 4. The number of hydrogen-bond donors (Lipinski definition) is 1. The third kappa shape index (κ3) is 10.2. The molecule has 5 aliphatic rings. The molecule has 53 heavy (non-hydrogen) atoms. The molecule has 3 saturated heterocycles. The smallest absolute Gasteiger partial charge is 0.850 e. The molecule has 1 aromatic carbocycles. The largest absolute Gasteiger partial charge is 1.00 e. The molecule has 4 aliphatic heterocycles. The van der Waals surface area contributed by atoms with E-state index in [0.29, 0.717) is 68.3 Å². The van der Waals surface area contributed by atoms with Gasteiger partial charge in [0.25, 0.3) is 0 Å². The second-order valence-corrected chi connectivity index (χ2v) is 17.1. The van der Waals surface area contributed by atoms with E-state index in [0.717, 1.165) is 55.8 Å². The van der Waals surface area contributed by atoms with Crippen LogP contribution in [0.15, 0.2) is 6.07 Å². The van der Waals surface area contributed by atoms with Gasteiger partial charge in [0, 0.05) is 55.2 Å². The van der Waals surface area contributed by atoms with E-state index in [1.165, 1.54) is 6.07 Å². The van der Waals surface area contributed by atoms with Crippen molar-refractivity contribution in [1.29, 1.82) is 0 Å². The maximum atomic E-state index is 16.6. The first kappa shape index (κ1) is 42.9. The molecule has 3 fully saturated rings. The van der Waals surface area contributed by atoms with Crippen LogP contribution in [0.4, 0.5) is 25.1 Å². The van der Waals surface area contributed by atoms with Gasteiger partial charge in [-0.25, -0.2) is 13.6 Å². The molecule has 288 valence electrons. The first-order valence-electron chi connectivity index (χ1n) is 18.6. The fourth-order valence-electron chi connectivity index (χ4n) is 8.14. The number of amides is 1. The maximum absolute atomic E-state index is 16.6. The van der Waals surface area contributed by atoms with Crippen molar-refractivity contribution < 1.29 is 89.0 Å². The quantitative estimate of drug-likeness (QED) is 0.453. The predicted molar refractivity (Wildman–Crippen MR) is 192 cm³/mol. The number of nitrogens with zero attached hydrogens (tertiary/aromatic N) is 4. The Morgan fingerprint density at radius 1 is 1.09 bits per heavy atom. The summed E-state index contributed by atoms with van der Waals surface area (Å²) in [7, 11) is 0. The fourth-order valence-corrected chi connectivity index (χ4v) is 8.44. The van der Waals surface area contributed by atoms with Crippen molar-refractivity contribution in [2.24, 2.45) is 0 Å². The molecule has 1 amide bonds. The Labute approximate surface area is 359 Å². The van der Waals surface area contributed by atoms with Gasteiger partial charge in [-0.05, 0) is 77.5 Å². The molecular formula is C38H53ClF2KN5O6. The molecule has 15 heteroatoms. The minimum absolute atomic E-state index is 0. The standard InChI is InChI=1S/C34H44ClF2N5O5.C4H9O.K/c1-32(2,3)47-31(43)39-25-15-24(35)22-7-4-9-34(27(22)28(25)37)17-26-23(19-46-34)29(41-10-6-13-44-14-12-41)40-30(38-26)45-20-33-8-5-11-42(33)18-21(36)16-33;1-4(2,3)5;/h15,21H,4-14,16-20H2,1-3H3,(H,39,43);1-3H3;/q;-1;+1/t21-,33+,34?;;/m1../s1. The summed E-state index contributed by atoms with van der Waals surface area (Å²) in [5, 5.41) is 13.0. The van der Waals surface area contributed by atoms with Crippen molar-refractivity contribution in [3.05, 3.63) is 39.3 Å². The molecule has 0 radical (unpaired) electrons. The molecular weight excluding hydrogens is 735 g/mol. The molecule has 1 spiro atoms. The van der Waals surface area contributed by atoms with Gasteiger partial charge < -0.3 is 29.0 Å². The molecule has 1 aromatic heterocycles. The summed E-state index contributed by atoms with van der Waals surface area (Å²) < 4.78 is 55.2. The van der Waals surface area contributed by atoms with Gasteiger partial charge >= 0.3 is 63.5 Å². The van der Waals surface area contributed by atoms with Gasteiger partial charge in [0.05, 0.1) is 30.1 Å². The van der Waals surface area contributed by atoms with Crippen molar-refractivity contribution in [3.8, 4) is 6.01 Å². The summed E-state index contributed by atoms with van der Waals surface area (Å²) >= 11 is 6.75. The molecule has 0 bridgehead atoms. The number of hydrogen-bond acceptors (Lipinski definition) is 10. The monoisotopic (exact) mass is 787 g/mol. The van der Waals surface area contributed by atoms with Crippen LogP contribution < -0.4 is 71.4 Å². The Bertz CT molecular complexity index is 1630. The zero-order valence-electron chi connectivity index (χ0n) is 32.3. The van der Waals surface area contributed by atoms with Crippen LogP contribution in [0.3, 0.4) is 0 Å². The van der Waals surface area contributed by atoms with E-state index in [-0.39, 0.29) is 81.6 Å². The Balaban J connectivity index is 0.000000847. The Hall–Kier alpha value is -1.20. The minimum Gasteiger partial charge on any atom is -0.850 e. The average Bonchev–Trinajstić information content (AvgIpc) is 3.42. The zero-order valence-corrected chi connectivity index (χ0v) is 36.2. The Morgan fingerprint density at radius 3 is 2.58 bits per heavy atom. The van der Waals surface area contributed by atoms with Crippen LogP contribution in [-0.4, -0.2) is 89.9 Å². The van der Waals surface area contributed by atoms with Crippen LogP contribution in [0.2, 0.25) is 5.02 Å². The van der Waals surface area contributed by atoms with Crippen molar-refractivity contribution >= 4 is 29.2 Å². The number of carbonyl (C=O) groups is 1. The van der Waals surface area contributed by atoms with Crippen LogP contribution >= 0.6 is 11.6 Å². The normalized spacial score (nSPS) is 25.6. The molecule has 1 aliphatic carbocycles. The van der Waals surface area contributed by atoms with Gasteiger partial charge in [-0.2, -0.15) is 9.97 Å². The zero-order chi connectivity index (χ0) is 37.5. The molecule has 7 rings (SSSR count). The summed E-state index contributed by atoms with van der Waals surface area (Å²) in [6.07, 6.45) is 3.70. The molecule has 11 nitrogen and oxygen atoms in total. The molecule has 1 N–H and O–H groups in total. The summed E-state index contributed by atoms with van der Waals surface area (Å²) in [6, 6.07) is 1.68. The number of benzene rings is 1. The Morgan fingerprint density at radius 2 is 1.85 bits per heavy atom. The number of halogens is 3. The maximum Gasteiger partial charge on any atom is 1.00 e. The average molecular weight is 788 g/mol. The van der Waals surface area contributed by atoms with Crippen molar-refractivity contribution in [2.75, 3.05) is 56.2 Å². The van der Waals surface area contributed by atoms with Gasteiger partial charge in [0.1, 0.15) is 29.8 Å². The molecule has 1 unspecified atom stereocenters. The first-order valence-corrected chi connectivity index (χ1v) is 18.9. The Kier molecular flexibility index (Phi) is 13.9. The van der Waals surface area contributed by atoms with E-state index in [1.807, 2.05) is 0 Å². The van der Waals surface area contributed by atoms with Crippen LogP contribution in [0, 0.1) is 5.82 Å². The van der Waals surface area contributed by atoms with E-state index in [1.54, 1.807) is 41.5 Å². The van der Waals surface area contributed by atoms with Gasteiger partial charge in [-0.1, -0.05) is 32.4 Å². The van der Waals surface area contributed by atoms with E-state index in [2.05, 4.69) is 15.1 Å². The third-order valence-corrected chi connectivity index (χ3v) is 10.5. The molecule has 5 heterocycles. The molecule has 3 atom stereocenters. The number of carbonyl (C=O) groups excluding carboxylic acids is 1. The summed E-state index contributed by atoms with van der Waals surface area (Å²) in [6.45, 7) is 14.6. The van der Waals surface area contributed by atoms with Gasteiger partial charge in [0.15, 0.2) is 5.82 Å². The SMILES string of the molecule is CC(C)(C)OC(=O)Nc1cc(Cl)c2c(c1F)C1(CCC2)Cc2nc(OC[C@@]34CCCN3C[C@H](F)C4)nc(N3CCCOCC3)c2CO1.CC(C)(C)[O-].[K+]. The third-order valence-electron chi connectivity index (χ3n) is 10.2. The van der Waals surface area contributed by atoms with Gasteiger partial charge in [-0.15, -0.1) is 5.60 Å². The second-order valence-electron chi connectivity index (χ2n) is 16.7. The number of nitrogens with one attached hydrogen (secondary N) is 1. The molecule has 2 aromatic rings. The number of aromatic nitrogens is 2. The van der Waals surface area contributed by atoms with Crippen LogP contribution in [0.25, 0.3) is 0 Å².